The van der Waals surface area contributed by atoms with E-state index in [0.29, 0.717) is 0 Å². The van der Waals surface area contributed by atoms with E-state index in [1.807, 2.05) is 0 Å². The van der Waals surface area contributed by atoms with Gasteiger partial charge in [-0.1, -0.05) is 51.0 Å². The van der Waals surface area contributed by atoms with Crippen LogP contribution in [0.4, 0.5) is 0 Å². The van der Waals surface area contributed by atoms with Gasteiger partial charge in [-0.05, 0) is 50.4 Å². The van der Waals surface area contributed by atoms with E-state index < -0.39 is 0 Å². The molecule has 1 aliphatic rings. The van der Waals surface area contributed by atoms with Crippen LogP contribution >= 0.6 is 0 Å². The van der Waals surface area contributed by atoms with Gasteiger partial charge in [-0.25, -0.2) is 0 Å². The molecule has 1 saturated carbocycles. The highest BCUT2D eigenvalue weighted by Crippen LogP contribution is 2.37. The summed E-state index contributed by atoms with van der Waals surface area (Å²) in [7, 11) is 0. The summed E-state index contributed by atoms with van der Waals surface area (Å²) in [5.41, 5.74) is 2.94. The van der Waals surface area contributed by atoms with E-state index in [1.54, 1.807) is 0 Å². The lowest BCUT2D eigenvalue weighted by Gasteiger charge is -2.31. The lowest BCUT2D eigenvalue weighted by molar-refractivity contribution is 0.330. The van der Waals surface area contributed by atoms with Crippen LogP contribution in [0.15, 0.2) is 24.3 Å². The molecule has 0 spiro atoms. The number of allylic oxidation sites excluding steroid dienone is 2. The van der Waals surface area contributed by atoms with E-state index in [9.17, 15) is 0 Å². The third-order valence-electron chi connectivity index (χ3n) is 4.04. The highest BCUT2D eigenvalue weighted by atomic mass is 14.3. The quantitative estimate of drug-likeness (QED) is 0.518. The van der Waals surface area contributed by atoms with Crippen LogP contribution in [0.2, 0.25) is 0 Å². The molecule has 0 heteroatoms. The minimum atomic E-state index is 0.825. The van der Waals surface area contributed by atoms with Gasteiger partial charge in [0.15, 0.2) is 0 Å². The summed E-state index contributed by atoms with van der Waals surface area (Å²) in [6.45, 7) is 12.9. The fourth-order valence-electron chi connectivity index (χ4n) is 2.81. The zero-order chi connectivity index (χ0) is 12.0. The Morgan fingerprint density at radius 1 is 1.31 bits per heavy atom. The molecular weight excluding hydrogens is 192 g/mol. The third-order valence-corrected chi connectivity index (χ3v) is 4.04. The molecule has 1 rings (SSSR count). The summed E-state index contributed by atoms with van der Waals surface area (Å²) in [5.74, 6) is 1.67. The number of rotatable bonds is 6. The molecule has 0 bridgehead atoms. The van der Waals surface area contributed by atoms with Gasteiger partial charge in [0.2, 0.25) is 0 Å². The predicted molar refractivity (Wildman–Crippen MR) is 73.5 cm³/mol. The Bertz CT molecular complexity index is 236. The van der Waals surface area contributed by atoms with Crippen molar-refractivity contribution in [3.63, 3.8) is 0 Å². The summed E-state index contributed by atoms with van der Waals surface area (Å²) in [6, 6.07) is 0. The van der Waals surface area contributed by atoms with Gasteiger partial charge in [0, 0.05) is 0 Å². The summed E-state index contributed by atoms with van der Waals surface area (Å²) in [5, 5.41) is 0. The Morgan fingerprint density at radius 3 is 2.62 bits per heavy atom. The Morgan fingerprint density at radius 2 is 2.06 bits per heavy atom. The number of unbranched alkanes of at least 4 members (excludes halogenated alkanes) is 1. The first kappa shape index (κ1) is 13.5. The molecule has 0 saturated heterocycles. The monoisotopic (exact) mass is 220 g/mol. The van der Waals surface area contributed by atoms with Crippen LogP contribution < -0.4 is 0 Å². The van der Waals surface area contributed by atoms with E-state index in [4.69, 9.17) is 0 Å². The highest BCUT2D eigenvalue weighted by Gasteiger charge is 2.23. The zero-order valence-corrected chi connectivity index (χ0v) is 11.2. The Labute approximate surface area is 102 Å². The minimum Gasteiger partial charge on any atom is -0.0999 e. The molecule has 1 fully saturated rings. The number of hydrogen-bond donors (Lipinski definition) is 0. The van der Waals surface area contributed by atoms with Crippen molar-refractivity contribution in [3.05, 3.63) is 24.3 Å². The van der Waals surface area contributed by atoms with Crippen LogP contribution in [0.25, 0.3) is 0 Å². The lowest BCUT2D eigenvalue weighted by atomic mass is 9.75. The van der Waals surface area contributed by atoms with Crippen molar-refractivity contribution in [1.29, 1.82) is 0 Å². The standard InChI is InChI=1S/C16H28/c1-5-7-8-16-10-9-15(12-14(16)4)11-13(3)6-2/h15-16H,3-12H2,1-2H3. The average molecular weight is 220 g/mol. The van der Waals surface area contributed by atoms with Crippen LogP contribution in [0, 0.1) is 11.8 Å². The lowest BCUT2D eigenvalue weighted by Crippen LogP contribution is -2.17. The van der Waals surface area contributed by atoms with Crippen LogP contribution in [-0.4, -0.2) is 0 Å². The molecule has 2 unspecified atom stereocenters. The van der Waals surface area contributed by atoms with E-state index in [1.165, 1.54) is 56.1 Å². The molecule has 0 aliphatic heterocycles. The summed E-state index contributed by atoms with van der Waals surface area (Å²) >= 11 is 0. The number of hydrogen-bond acceptors (Lipinski definition) is 0. The van der Waals surface area contributed by atoms with E-state index >= 15 is 0 Å². The van der Waals surface area contributed by atoms with Crippen molar-refractivity contribution in [3.8, 4) is 0 Å². The largest absolute Gasteiger partial charge is 0.0999 e. The van der Waals surface area contributed by atoms with Crippen molar-refractivity contribution in [1.82, 2.24) is 0 Å². The maximum Gasteiger partial charge on any atom is -0.0206 e. The topological polar surface area (TPSA) is 0 Å². The predicted octanol–water partition coefficient (Wildman–Crippen LogP) is 5.51. The van der Waals surface area contributed by atoms with Crippen molar-refractivity contribution >= 4 is 0 Å². The van der Waals surface area contributed by atoms with E-state index in [-0.39, 0.29) is 0 Å². The van der Waals surface area contributed by atoms with Crippen molar-refractivity contribution in [2.24, 2.45) is 11.8 Å². The minimum absolute atomic E-state index is 0.825. The van der Waals surface area contributed by atoms with Crippen LogP contribution in [0.5, 0.6) is 0 Å². The fraction of sp³-hybridized carbons (Fsp3) is 0.750. The van der Waals surface area contributed by atoms with Gasteiger partial charge in [0.25, 0.3) is 0 Å². The zero-order valence-electron chi connectivity index (χ0n) is 11.2. The molecule has 0 amide bonds. The maximum absolute atomic E-state index is 4.30. The summed E-state index contributed by atoms with van der Waals surface area (Å²) in [6.07, 6.45) is 10.5. The maximum atomic E-state index is 4.30. The highest BCUT2D eigenvalue weighted by molar-refractivity contribution is 5.07. The molecule has 0 aromatic heterocycles. The molecule has 0 aromatic rings. The van der Waals surface area contributed by atoms with Crippen LogP contribution in [0.3, 0.4) is 0 Å². The molecule has 0 aromatic carbocycles. The van der Waals surface area contributed by atoms with Crippen LogP contribution in [0.1, 0.15) is 65.2 Å². The molecule has 0 heterocycles. The Kier molecular flexibility index (Phi) is 5.87. The smallest absolute Gasteiger partial charge is 0.0206 e. The first-order valence-electron chi connectivity index (χ1n) is 7.01. The second-order valence-corrected chi connectivity index (χ2v) is 5.45. The second kappa shape index (κ2) is 6.93. The Balaban J connectivity index is 2.33. The Hall–Kier alpha value is -0.520. The molecule has 0 nitrogen and oxygen atoms in total. The summed E-state index contributed by atoms with van der Waals surface area (Å²) < 4.78 is 0. The molecular formula is C16H28. The molecule has 92 valence electrons. The fourth-order valence-corrected chi connectivity index (χ4v) is 2.81. The van der Waals surface area contributed by atoms with Gasteiger partial charge in [0.05, 0.1) is 0 Å². The van der Waals surface area contributed by atoms with E-state index in [0.717, 1.165) is 18.3 Å². The van der Waals surface area contributed by atoms with Gasteiger partial charge in [-0.2, -0.15) is 0 Å². The first-order valence-corrected chi connectivity index (χ1v) is 7.01. The van der Waals surface area contributed by atoms with Gasteiger partial charge in [-0.3, -0.25) is 0 Å². The first-order chi connectivity index (χ1) is 7.67. The third kappa shape index (κ3) is 4.15. The normalized spacial score (nSPS) is 25.8. The van der Waals surface area contributed by atoms with Gasteiger partial charge >= 0.3 is 0 Å². The van der Waals surface area contributed by atoms with Crippen molar-refractivity contribution in [2.75, 3.05) is 0 Å². The van der Waals surface area contributed by atoms with Gasteiger partial charge < -0.3 is 0 Å². The van der Waals surface area contributed by atoms with E-state index in [2.05, 4.69) is 27.0 Å². The molecule has 16 heavy (non-hydrogen) atoms. The van der Waals surface area contributed by atoms with Gasteiger partial charge in [-0.15, -0.1) is 0 Å². The SMILES string of the molecule is C=C(CC)CC1CCC(CCCC)C(=C)C1. The molecule has 1 aliphatic carbocycles. The van der Waals surface area contributed by atoms with Crippen molar-refractivity contribution < 1.29 is 0 Å². The second-order valence-electron chi connectivity index (χ2n) is 5.45. The molecule has 0 N–H and O–H groups in total. The van der Waals surface area contributed by atoms with Gasteiger partial charge in [0.1, 0.15) is 0 Å². The summed E-state index contributed by atoms with van der Waals surface area (Å²) in [4.78, 5) is 0. The van der Waals surface area contributed by atoms with Crippen LogP contribution in [-0.2, 0) is 0 Å². The average Bonchev–Trinajstić information content (AvgIpc) is 2.28. The van der Waals surface area contributed by atoms with Crippen molar-refractivity contribution in [2.45, 2.75) is 65.2 Å². The molecule has 2 atom stereocenters. The molecule has 0 radical (unpaired) electrons.